The topological polar surface area (TPSA) is 78.2 Å². The van der Waals surface area contributed by atoms with Crippen LogP contribution in [0, 0.1) is 17.3 Å². The summed E-state index contributed by atoms with van der Waals surface area (Å²) < 4.78 is 18.9. The molecule has 1 amide bonds. The lowest BCUT2D eigenvalue weighted by molar-refractivity contribution is -0.131. The van der Waals surface area contributed by atoms with Crippen LogP contribution in [0.3, 0.4) is 0 Å². The fourth-order valence-electron chi connectivity index (χ4n) is 3.03. The molecule has 1 spiro atoms. The van der Waals surface area contributed by atoms with E-state index in [4.69, 9.17) is 10.00 Å². The van der Waals surface area contributed by atoms with Gasteiger partial charge in [0.05, 0.1) is 6.54 Å². The maximum atomic E-state index is 13.0. The second-order valence-corrected chi connectivity index (χ2v) is 5.91. The van der Waals surface area contributed by atoms with Gasteiger partial charge in [-0.05, 0) is 23.8 Å². The lowest BCUT2D eigenvalue weighted by atomic mass is 9.99. The summed E-state index contributed by atoms with van der Waals surface area (Å²) in [6.07, 6.45) is 4.09. The maximum Gasteiger partial charge on any atom is 0.270 e. The number of benzene rings is 1. The standard InChI is InChI=1S/C17H13FN4O2/c18-13-3-1-11(2-4-13)12-7-14-15(20-8-12)24-17(16(23)21-14)5-6-22(9-17)10-19/h1-4,7-8H,5-6,9H2,(H,21,23)/t17-/m0/s1. The van der Waals surface area contributed by atoms with Gasteiger partial charge in [0, 0.05) is 24.7 Å². The Morgan fingerprint density at radius 1 is 1.33 bits per heavy atom. The Balaban J connectivity index is 1.66. The number of carbonyl (C=O) groups is 1. The minimum Gasteiger partial charge on any atom is -0.457 e. The molecule has 1 saturated heterocycles. The minimum atomic E-state index is -1.06. The lowest BCUT2D eigenvalue weighted by Crippen LogP contribution is -2.52. The van der Waals surface area contributed by atoms with Crippen LogP contribution in [0.25, 0.3) is 11.1 Å². The second-order valence-electron chi connectivity index (χ2n) is 5.91. The van der Waals surface area contributed by atoms with E-state index >= 15 is 0 Å². The lowest BCUT2D eigenvalue weighted by Gasteiger charge is -2.33. The Kier molecular flexibility index (Phi) is 3.13. The van der Waals surface area contributed by atoms with E-state index in [0.29, 0.717) is 24.5 Å². The summed E-state index contributed by atoms with van der Waals surface area (Å²) in [7, 11) is 0. The van der Waals surface area contributed by atoms with Crippen molar-refractivity contribution in [2.45, 2.75) is 12.0 Å². The Morgan fingerprint density at radius 2 is 2.12 bits per heavy atom. The van der Waals surface area contributed by atoms with Crippen LogP contribution in [0.4, 0.5) is 10.1 Å². The fraction of sp³-hybridized carbons (Fsp3) is 0.235. The van der Waals surface area contributed by atoms with Crippen LogP contribution in [-0.2, 0) is 4.79 Å². The first kappa shape index (κ1) is 14.5. The summed E-state index contributed by atoms with van der Waals surface area (Å²) in [6, 6.07) is 7.78. The molecular formula is C17H13FN4O2. The SMILES string of the molecule is N#CN1CC[C@@]2(C1)Oc1ncc(-c3ccc(F)cc3)cc1NC2=O. The Hall–Kier alpha value is -3.14. The van der Waals surface area contributed by atoms with Crippen molar-refractivity contribution in [3.05, 3.63) is 42.3 Å². The average molecular weight is 324 g/mol. The van der Waals surface area contributed by atoms with Gasteiger partial charge in [-0.15, -0.1) is 0 Å². The van der Waals surface area contributed by atoms with E-state index in [1.807, 2.05) is 6.19 Å². The molecule has 1 aromatic carbocycles. The van der Waals surface area contributed by atoms with Gasteiger partial charge in [0.25, 0.3) is 5.91 Å². The van der Waals surface area contributed by atoms with Gasteiger partial charge in [0.2, 0.25) is 11.5 Å². The largest absolute Gasteiger partial charge is 0.457 e. The number of hydrogen-bond acceptors (Lipinski definition) is 5. The molecular weight excluding hydrogens is 311 g/mol. The van der Waals surface area contributed by atoms with Crippen LogP contribution in [-0.4, -0.2) is 34.5 Å². The Bertz CT molecular complexity index is 862. The van der Waals surface area contributed by atoms with Crippen LogP contribution in [0.2, 0.25) is 0 Å². The number of aromatic nitrogens is 1. The van der Waals surface area contributed by atoms with Crippen LogP contribution >= 0.6 is 0 Å². The molecule has 0 radical (unpaired) electrons. The van der Waals surface area contributed by atoms with Gasteiger partial charge in [-0.1, -0.05) is 12.1 Å². The molecule has 24 heavy (non-hydrogen) atoms. The van der Waals surface area contributed by atoms with E-state index in [2.05, 4.69) is 10.3 Å². The van der Waals surface area contributed by atoms with Crippen molar-refractivity contribution in [3.8, 4) is 23.2 Å². The van der Waals surface area contributed by atoms with E-state index in [1.54, 1.807) is 24.4 Å². The number of amides is 1. The number of nitrogens with one attached hydrogen (secondary N) is 1. The fourth-order valence-corrected chi connectivity index (χ4v) is 3.03. The number of pyridine rings is 1. The molecule has 2 aliphatic rings. The van der Waals surface area contributed by atoms with E-state index in [9.17, 15) is 9.18 Å². The molecule has 0 unspecified atom stereocenters. The average Bonchev–Trinajstić information content (AvgIpc) is 3.01. The van der Waals surface area contributed by atoms with E-state index in [-0.39, 0.29) is 18.3 Å². The van der Waals surface area contributed by atoms with Crippen molar-refractivity contribution < 1.29 is 13.9 Å². The molecule has 6 nitrogen and oxygen atoms in total. The summed E-state index contributed by atoms with van der Waals surface area (Å²) in [5.74, 6) is -0.252. The monoisotopic (exact) mass is 324 g/mol. The number of hydrogen-bond donors (Lipinski definition) is 1. The zero-order valence-electron chi connectivity index (χ0n) is 12.6. The van der Waals surface area contributed by atoms with Gasteiger partial charge < -0.3 is 15.0 Å². The Morgan fingerprint density at radius 3 is 2.83 bits per heavy atom. The summed E-state index contributed by atoms with van der Waals surface area (Å²) in [4.78, 5) is 18.3. The number of nitrogens with zero attached hydrogens (tertiary/aromatic N) is 3. The van der Waals surface area contributed by atoms with E-state index < -0.39 is 5.60 Å². The predicted molar refractivity (Wildman–Crippen MR) is 83.4 cm³/mol. The molecule has 4 rings (SSSR count). The molecule has 1 atom stereocenters. The highest BCUT2D eigenvalue weighted by Gasteiger charge is 2.50. The van der Waals surface area contributed by atoms with Crippen molar-refractivity contribution in [2.75, 3.05) is 18.4 Å². The number of halogens is 1. The zero-order chi connectivity index (χ0) is 16.7. The molecule has 3 heterocycles. The number of fused-ring (bicyclic) bond motifs is 1. The van der Waals surface area contributed by atoms with Crippen molar-refractivity contribution in [1.29, 1.82) is 5.26 Å². The molecule has 120 valence electrons. The molecule has 7 heteroatoms. The zero-order valence-corrected chi connectivity index (χ0v) is 12.6. The third-order valence-corrected chi connectivity index (χ3v) is 4.36. The first-order valence-corrected chi connectivity index (χ1v) is 7.51. The van der Waals surface area contributed by atoms with Gasteiger partial charge in [0.15, 0.2) is 6.19 Å². The first-order chi connectivity index (χ1) is 11.6. The summed E-state index contributed by atoms with van der Waals surface area (Å²) in [5, 5.41) is 11.8. The molecule has 2 aromatic rings. The maximum absolute atomic E-state index is 13.0. The highest BCUT2D eigenvalue weighted by Crippen LogP contribution is 2.38. The minimum absolute atomic E-state index is 0.218. The van der Waals surface area contributed by atoms with Crippen LogP contribution < -0.4 is 10.1 Å². The Labute approximate surface area is 137 Å². The van der Waals surface area contributed by atoms with Crippen molar-refractivity contribution in [2.24, 2.45) is 0 Å². The number of anilines is 1. The number of nitriles is 1. The van der Waals surface area contributed by atoms with Crippen molar-refractivity contribution in [1.82, 2.24) is 9.88 Å². The highest BCUT2D eigenvalue weighted by molar-refractivity contribution is 6.01. The molecule has 1 fully saturated rings. The number of rotatable bonds is 1. The van der Waals surface area contributed by atoms with Gasteiger partial charge in [-0.3, -0.25) is 4.79 Å². The predicted octanol–water partition coefficient (Wildman–Crippen LogP) is 2.14. The molecule has 0 saturated carbocycles. The normalized spacial score (nSPS) is 21.8. The van der Waals surface area contributed by atoms with E-state index in [0.717, 1.165) is 11.1 Å². The smallest absolute Gasteiger partial charge is 0.270 e. The summed E-state index contributed by atoms with van der Waals surface area (Å²) in [6.45, 7) is 0.698. The highest BCUT2D eigenvalue weighted by atomic mass is 19.1. The third-order valence-electron chi connectivity index (χ3n) is 4.36. The van der Waals surface area contributed by atoms with Crippen LogP contribution in [0.5, 0.6) is 5.88 Å². The van der Waals surface area contributed by atoms with Gasteiger partial charge in [-0.2, -0.15) is 5.26 Å². The molecule has 0 aliphatic carbocycles. The van der Waals surface area contributed by atoms with Crippen LogP contribution in [0.15, 0.2) is 36.5 Å². The number of likely N-dealkylation sites (tertiary alicyclic amines) is 1. The molecule has 1 aromatic heterocycles. The second kappa shape index (κ2) is 5.20. The van der Waals surface area contributed by atoms with Crippen molar-refractivity contribution >= 4 is 11.6 Å². The van der Waals surface area contributed by atoms with Crippen LogP contribution in [0.1, 0.15) is 6.42 Å². The van der Waals surface area contributed by atoms with Gasteiger partial charge in [-0.25, -0.2) is 9.37 Å². The molecule has 0 bridgehead atoms. The van der Waals surface area contributed by atoms with E-state index in [1.165, 1.54) is 17.0 Å². The first-order valence-electron chi connectivity index (χ1n) is 7.51. The number of carbonyl (C=O) groups excluding carboxylic acids is 1. The number of ether oxygens (including phenoxy) is 1. The van der Waals surface area contributed by atoms with Gasteiger partial charge in [0.1, 0.15) is 11.5 Å². The third kappa shape index (κ3) is 2.24. The van der Waals surface area contributed by atoms with Crippen molar-refractivity contribution in [3.63, 3.8) is 0 Å². The summed E-state index contributed by atoms with van der Waals surface area (Å²) >= 11 is 0. The van der Waals surface area contributed by atoms with Gasteiger partial charge >= 0.3 is 0 Å². The quantitative estimate of drug-likeness (QED) is 0.813. The summed E-state index contributed by atoms with van der Waals surface area (Å²) in [5.41, 5.74) is 0.951. The molecule has 1 N–H and O–H groups in total. The molecule has 2 aliphatic heterocycles.